The minimum Gasteiger partial charge on any atom is -0.289 e. The molecule has 0 amide bonds. The van der Waals surface area contributed by atoms with Crippen LogP contribution < -0.4 is 0 Å². The van der Waals surface area contributed by atoms with Crippen molar-refractivity contribution >= 4 is 44.6 Å². The van der Waals surface area contributed by atoms with E-state index < -0.39 is 21.4 Å². The van der Waals surface area contributed by atoms with Crippen molar-refractivity contribution in [1.82, 2.24) is 0 Å². The van der Waals surface area contributed by atoms with E-state index in [-0.39, 0.29) is 0 Å². The molecule has 0 bridgehead atoms. The predicted octanol–water partition coefficient (Wildman–Crippen LogP) is 4.50. The molecule has 0 aromatic heterocycles. The van der Waals surface area contributed by atoms with Gasteiger partial charge in [0.15, 0.2) is 21.4 Å². The Labute approximate surface area is 155 Å². The predicted molar refractivity (Wildman–Crippen MR) is 98.8 cm³/mol. The van der Waals surface area contributed by atoms with Crippen LogP contribution in [0.15, 0.2) is 71.5 Å². The Morgan fingerprint density at radius 1 is 0.680 bits per heavy atom. The fourth-order valence-corrected chi connectivity index (χ4v) is 2.75. The van der Waals surface area contributed by atoms with E-state index in [1.54, 1.807) is 0 Å². The lowest BCUT2D eigenvalue weighted by Gasteiger charge is -1.96. The van der Waals surface area contributed by atoms with Gasteiger partial charge in [0, 0.05) is 32.0 Å². The van der Waals surface area contributed by atoms with Crippen LogP contribution in [0.2, 0.25) is 10.0 Å². The maximum Gasteiger partial charge on any atom is 0.193 e. The third-order valence-electron chi connectivity index (χ3n) is 3.08. The van der Waals surface area contributed by atoms with Crippen LogP contribution in [-0.4, -0.2) is 20.0 Å². The Hall–Kier alpha value is -2.21. The molecule has 4 nitrogen and oxygen atoms in total. The Bertz CT molecular complexity index is 868. The summed E-state index contributed by atoms with van der Waals surface area (Å²) < 4.78 is 23.8. The second-order valence-electron chi connectivity index (χ2n) is 4.94. The van der Waals surface area contributed by atoms with Gasteiger partial charge in [-0.3, -0.25) is 9.59 Å². The molecule has 128 valence electrons. The topological polar surface area (TPSA) is 68.3 Å². The molecule has 0 aliphatic carbocycles. The molecule has 2 rings (SSSR count). The summed E-state index contributed by atoms with van der Waals surface area (Å²) in [4.78, 5) is 23.8. The van der Waals surface area contributed by atoms with Crippen molar-refractivity contribution in [2.45, 2.75) is 0 Å². The number of allylic oxidation sites excluding steroid dienone is 2. The zero-order valence-electron chi connectivity index (χ0n) is 12.7. The van der Waals surface area contributed by atoms with E-state index in [0.717, 1.165) is 23.0 Å². The van der Waals surface area contributed by atoms with E-state index in [4.69, 9.17) is 23.2 Å². The second kappa shape index (κ2) is 8.25. The summed E-state index contributed by atoms with van der Waals surface area (Å²) in [5.74, 6) is -0.977. The lowest BCUT2D eigenvalue weighted by Crippen LogP contribution is -1.98. The average Bonchev–Trinajstić information content (AvgIpc) is 2.59. The normalized spacial score (nSPS) is 11.9. The van der Waals surface area contributed by atoms with Crippen molar-refractivity contribution in [3.63, 3.8) is 0 Å². The third-order valence-corrected chi connectivity index (χ3v) is 4.61. The van der Waals surface area contributed by atoms with E-state index in [0.29, 0.717) is 21.2 Å². The number of ketones is 2. The molecular formula is C18H12Cl2O4S. The SMILES string of the molecule is O=C(/C=C/S(=O)(=O)/C=C/C(=O)c1ccc(Cl)cc1)c1ccc(Cl)cc1. The highest BCUT2D eigenvalue weighted by atomic mass is 35.5. The Morgan fingerprint density at radius 3 is 1.32 bits per heavy atom. The van der Waals surface area contributed by atoms with Crippen LogP contribution in [0.5, 0.6) is 0 Å². The average molecular weight is 395 g/mol. The maximum absolute atomic E-state index is 11.9. The molecule has 0 spiro atoms. The van der Waals surface area contributed by atoms with Gasteiger partial charge in [-0.15, -0.1) is 0 Å². The number of carbonyl (C=O) groups excluding carboxylic acids is 2. The van der Waals surface area contributed by atoms with Crippen molar-refractivity contribution in [1.29, 1.82) is 0 Å². The molecular weight excluding hydrogens is 383 g/mol. The summed E-state index contributed by atoms with van der Waals surface area (Å²) >= 11 is 11.4. The monoisotopic (exact) mass is 394 g/mol. The molecule has 0 radical (unpaired) electrons. The molecule has 25 heavy (non-hydrogen) atoms. The van der Waals surface area contributed by atoms with Crippen molar-refractivity contribution in [2.75, 3.05) is 0 Å². The number of rotatable bonds is 6. The molecule has 2 aromatic rings. The number of halogens is 2. The molecule has 0 unspecified atom stereocenters. The van der Waals surface area contributed by atoms with E-state index in [2.05, 4.69) is 0 Å². The van der Waals surface area contributed by atoms with E-state index in [9.17, 15) is 18.0 Å². The van der Waals surface area contributed by atoms with Crippen LogP contribution in [0.1, 0.15) is 20.7 Å². The summed E-state index contributed by atoms with van der Waals surface area (Å²) in [5.41, 5.74) is 0.606. The Kier molecular flexibility index (Phi) is 6.31. The largest absolute Gasteiger partial charge is 0.289 e. The first-order chi connectivity index (χ1) is 11.8. The second-order valence-corrected chi connectivity index (χ2v) is 7.53. The number of benzene rings is 2. The molecule has 0 saturated carbocycles. The number of hydrogen-bond donors (Lipinski definition) is 0. The molecule has 0 saturated heterocycles. The highest BCUT2D eigenvalue weighted by Crippen LogP contribution is 2.12. The third kappa shape index (κ3) is 5.98. The van der Waals surface area contributed by atoms with Gasteiger partial charge in [-0.25, -0.2) is 8.42 Å². The number of carbonyl (C=O) groups is 2. The lowest BCUT2D eigenvalue weighted by molar-refractivity contribution is 0.103. The summed E-state index contributed by atoms with van der Waals surface area (Å²) in [6.45, 7) is 0. The van der Waals surface area contributed by atoms with Gasteiger partial charge in [-0.05, 0) is 60.7 Å². The van der Waals surface area contributed by atoms with Crippen LogP contribution in [-0.2, 0) is 9.84 Å². The van der Waals surface area contributed by atoms with Crippen molar-refractivity contribution in [3.05, 3.63) is 92.7 Å². The van der Waals surface area contributed by atoms with Crippen molar-refractivity contribution in [2.24, 2.45) is 0 Å². The molecule has 0 heterocycles. The minimum atomic E-state index is -3.86. The van der Waals surface area contributed by atoms with Gasteiger partial charge in [0.05, 0.1) is 0 Å². The molecule has 0 aliphatic heterocycles. The van der Waals surface area contributed by atoms with Gasteiger partial charge < -0.3 is 0 Å². The van der Waals surface area contributed by atoms with Crippen molar-refractivity contribution < 1.29 is 18.0 Å². The van der Waals surface area contributed by atoms with Gasteiger partial charge in [0.1, 0.15) is 0 Å². The van der Waals surface area contributed by atoms with Gasteiger partial charge in [0.25, 0.3) is 0 Å². The van der Waals surface area contributed by atoms with Gasteiger partial charge in [0.2, 0.25) is 0 Å². The fourth-order valence-electron chi connectivity index (χ4n) is 1.78. The van der Waals surface area contributed by atoms with Crippen LogP contribution >= 0.6 is 23.2 Å². The first kappa shape index (κ1) is 19.1. The zero-order chi connectivity index (χ0) is 18.4. The first-order valence-electron chi connectivity index (χ1n) is 6.98. The van der Waals surface area contributed by atoms with Gasteiger partial charge >= 0.3 is 0 Å². The fraction of sp³-hybridized carbons (Fsp3) is 0. The van der Waals surface area contributed by atoms with E-state index >= 15 is 0 Å². The highest BCUT2D eigenvalue weighted by Gasteiger charge is 2.07. The maximum atomic E-state index is 11.9. The molecule has 0 fully saturated rings. The van der Waals surface area contributed by atoms with Crippen LogP contribution in [0.4, 0.5) is 0 Å². The Morgan fingerprint density at radius 2 is 1.00 bits per heavy atom. The molecule has 0 N–H and O–H groups in total. The lowest BCUT2D eigenvalue weighted by atomic mass is 10.1. The van der Waals surface area contributed by atoms with Crippen LogP contribution in [0, 0.1) is 0 Å². The first-order valence-corrected chi connectivity index (χ1v) is 9.34. The highest BCUT2D eigenvalue weighted by molar-refractivity contribution is 7.97. The summed E-state index contributed by atoms with van der Waals surface area (Å²) in [5, 5.41) is 2.43. The number of hydrogen-bond acceptors (Lipinski definition) is 4. The van der Waals surface area contributed by atoms with Crippen LogP contribution in [0.3, 0.4) is 0 Å². The smallest absolute Gasteiger partial charge is 0.193 e. The van der Waals surface area contributed by atoms with Crippen LogP contribution in [0.25, 0.3) is 0 Å². The summed E-state index contributed by atoms with van der Waals surface area (Å²) in [6, 6.07) is 12.1. The molecule has 2 aromatic carbocycles. The minimum absolute atomic E-state index is 0.303. The number of sulfone groups is 1. The summed E-state index contributed by atoms with van der Waals surface area (Å²) in [6.07, 6.45) is 1.85. The standard InChI is InChI=1S/C18H12Cl2O4S/c19-15-5-1-13(2-6-15)17(21)9-11-25(23,24)12-10-18(22)14-3-7-16(20)8-4-14/h1-12H/b11-9+,12-10+. The van der Waals surface area contributed by atoms with Gasteiger partial charge in [-0.1, -0.05) is 23.2 Å². The van der Waals surface area contributed by atoms with E-state index in [1.165, 1.54) is 48.5 Å². The molecule has 0 atom stereocenters. The quantitative estimate of drug-likeness (QED) is 0.534. The van der Waals surface area contributed by atoms with Gasteiger partial charge in [-0.2, -0.15) is 0 Å². The zero-order valence-corrected chi connectivity index (χ0v) is 15.1. The molecule has 7 heteroatoms. The van der Waals surface area contributed by atoms with Crippen molar-refractivity contribution in [3.8, 4) is 0 Å². The molecule has 0 aliphatic rings. The Balaban J connectivity index is 2.07. The van der Waals surface area contributed by atoms with E-state index in [1.807, 2.05) is 0 Å². The summed E-state index contributed by atoms with van der Waals surface area (Å²) in [7, 11) is -3.86.